The van der Waals surface area contributed by atoms with E-state index in [4.69, 9.17) is 0 Å². The van der Waals surface area contributed by atoms with Gasteiger partial charge in [-0.2, -0.15) is 0 Å². The number of halogens is 1. The van der Waals surface area contributed by atoms with Gasteiger partial charge in [0, 0.05) is 28.5 Å². The quantitative estimate of drug-likeness (QED) is 0.729. The highest BCUT2D eigenvalue weighted by molar-refractivity contribution is 7.90. The minimum atomic E-state index is -3.37. The number of aromatic nitrogens is 1. The molecule has 0 fully saturated rings. The highest BCUT2D eigenvalue weighted by atomic mass is 32.2. The van der Waals surface area contributed by atoms with E-state index in [1.54, 1.807) is 36.4 Å². The molecule has 5 heteroatoms. The molecule has 0 unspecified atom stereocenters. The van der Waals surface area contributed by atoms with Crippen LogP contribution in [0.25, 0.3) is 22.0 Å². The van der Waals surface area contributed by atoms with Crippen LogP contribution in [0.3, 0.4) is 0 Å². The predicted molar refractivity (Wildman–Crippen MR) is 89.6 cm³/mol. The molecule has 2 aromatic carbocycles. The maximum absolute atomic E-state index is 13.9. The second-order valence-electron chi connectivity index (χ2n) is 5.42. The number of nitrogens with zero attached hydrogens (tertiary/aromatic N) is 1. The lowest BCUT2D eigenvalue weighted by atomic mass is 10.00. The molecule has 1 aromatic heterocycles. The first-order valence-corrected chi connectivity index (χ1v) is 9.18. The molecular formula is C18H16FNO2S. The number of para-hydroxylation sites is 1. The Morgan fingerprint density at radius 2 is 1.78 bits per heavy atom. The molecule has 0 spiro atoms. The van der Waals surface area contributed by atoms with Gasteiger partial charge in [0.25, 0.3) is 0 Å². The smallest absolute Gasteiger partial charge is 0.176 e. The first-order valence-electron chi connectivity index (χ1n) is 7.29. The zero-order valence-electron chi connectivity index (χ0n) is 12.9. The number of fused-ring (bicyclic) bond motifs is 1. The summed E-state index contributed by atoms with van der Waals surface area (Å²) in [6, 6.07) is 13.4. The average Bonchev–Trinajstić information content (AvgIpc) is 2.53. The second kappa shape index (κ2) is 5.74. The van der Waals surface area contributed by atoms with Crippen molar-refractivity contribution in [2.24, 2.45) is 0 Å². The fourth-order valence-corrected chi connectivity index (χ4v) is 3.62. The van der Waals surface area contributed by atoms with Crippen LogP contribution in [0.15, 0.2) is 53.4 Å². The zero-order chi connectivity index (χ0) is 16.6. The van der Waals surface area contributed by atoms with Crippen molar-refractivity contribution in [1.29, 1.82) is 0 Å². The number of aryl methyl sites for hydroxylation is 1. The molecule has 0 amide bonds. The summed E-state index contributed by atoms with van der Waals surface area (Å²) < 4.78 is 38.1. The van der Waals surface area contributed by atoms with Crippen molar-refractivity contribution in [1.82, 2.24) is 4.98 Å². The molecule has 0 aliphatic carbocycles. The molecule has 118 valence electrons. The van der Waals surface area contributed by atoms with Crippen LogP contribution in [0.1, 0.15) is 12.6 Å². The SMILES string of the molecule is CCc1nc2c(F)cccc2cc1-c1ccccc1S(C)(=O)=O. The molecule has 3 nitrogen and oxygen atoms in total. The third kappa shape index (κ3) is 2.84. The van der Waals surface area contributed by atoms with Crippen LogP contribution in [0.5, 0.6) is 0 Å². The Morgan fingerprint density at radius 3 is 2.48 bits per heavy atom. The third-order valence-corrected chi connectivity index (χ3v) is 4.94. The molecule has 3 aromatic rings. The Balaban J connectivity index is 2.37. The van der Waals surface area contributed by atoms with E-state index < -0.39 is 9.84 Å². The minimum Gasteiger partial charge on any atom is -0.249 e. The van der Waals surface area contributed by atoms with Crippen LogP contribution < -0.4 is 0 Å². The lowest BCUT2D eigenvalue weighted by Crippen LogP contribution is -2.02. The van der Waals surface area contributed by atoms with E-state index in [0.29, 0.717) is 28.6 Å². The van der Waals surface area contributed by atoms with E-state index in [1.165, 1.54) is 12.3 Å². The van der Waals surface area contributed by atoms with E-state index in [2.05, 4.69) is 4.98 Å². The lowest BCUT2D eigenvalue weighted by Gasteiger charge is -2.13. The van der Waals surface area contributed by atoms with Gasteiger partial charge in [-0.15, -0.1) is 0 Å². The molecular weight excluding hydrogens is 313 g/mol. The van der Waals surface area contributed by atoms with Crippen LogP contribution in [-0.4, -0.2) is 19.7 Å². The van der Waals surface area contributed by atoms with Crippen molar-refractivity contribution < 1.29 is 12.8 Å². The fourth-order valence-electron chi connectivity index (χ4n) is 2.72. The highest BCUT2D eigenvalue weighted by Crippen LogP contribution is 2.32. The molecule has 0 saturated heterocycles. The van der Waals surface area contributed by atoms with Gasteiger partial charge in [0.05, 0.1) is 4.90 Å². The van der Waals surface area contributed by atoms with Gasteiger partial charge in [-0.1, -0.05) is 37.3 Å². The Labute approximate surface area is 134 Å². The molecule has 0 aliphatic heterocycles. The van der Waals surface area contributed by atoms with Crippen molar-refractivity contribution >= 4 is 20.7 Å². The van der Waals surface area contributed by atoms with Crippen LogP contribution >= 0.6 is 0 Å². The van der Waals surface area contributed by atoms with Gasteiger partial charge >= 0.3 is 0 Å². The topological polar surface area (TPSA) is 47.0 Å². The fraction of sp³-hybridized carbons (Fsp3) is 0.167. The first kappa shape index (κ1) is 15.6. The van der Waals surface area contributed by atoms with E-state index in [0.717, 1.165) is 5.56 Å². The summed E-state index contributed by atoms with van der Waals surface area (Å²) in [4.78, 5) is 4.68. The molecule has 0 atom stereocenters. The molecule has 0 aliphatic rings. The molecule has 0 saturated carbocycles. The van der Waals surface area contributed by atoms with E-state index in [-0.39, 0.29) is 10.7 Å². The van der Waals surface area contributed by atoms with Crippen LogP contribution in [-0.2, 0) is 16.3 Å². The van der Waals surface area contributed by atoms with Gasteiger partial charge in [0.1, 0.15) is 11.3 Å². The number of hydrogen-bond donors (Lipinski definition) is 0. The van der Waals surface area contributed by atoms with E-state index in [9.17, 15) is 12.8 Å². The summed E-state index contributed by atoms with van der Waals surface area (Å²) in [7, 11) is -3.37. The molecule has 23 heavy (non-hydrogen) atoms. The Kier molecular flexibility index (Phi) is 3.90. The Bertz CT molecular complexity index is 997. The summed E-state index contributed by atoms with van der Waals surface area (Å²) in [5, 5.41) is 0.653. The van der Waals surface area contributed by atoms with Gasteiger partial charge < -0.3 is 0 Å². The standard InChI is InChI=1S/C18H16FNO2S/c1-3-16-14(11-12-7-6-9-15(19)18(12)20-16)13-8-4-5-10-17(13)23(2,21)22/h4-11H,3H2,1-2H3. The number of pyridine rings is 1. The zero-order valence-corrected chi connectivity index (χ0v) is 13.7. The van der Waals surface area contributed by atoms with Crippen LogP contribution in [0, 0.1) is 5.82 Å². The maximum atomic E-state index is 13.9. The normalized spacial score (nSPS) is 11.8. The summed E-state index contributed by atoms with van der Waals surface area (Å²) in [6.07, 6.45) is 1.77. The Hall–Kier alpha value is -2.27. The van der Waals surface area contributed by atoms with Crippen molar-refractivity contribution in [3.8, 4) is 11.1 Å². The largest absolute Gasteiger partial charge is 0.249 e. The average molecular weight is 329 g/mol. The number of sulfone groups is 1. The monoisotopic (exact) mass is 329 g/mol. The van der Waals surface area contributed by atoms with Gasteiger partial charge in [0.15, 0.2) is 9.84 Å². The number of benzene rings is 2. The van der Waals surface area contributed by atoms with Gasteiger partial charge in [-0.05, 0) is 24.6 Å². The summed E-state index contributed by atoms with van der Waals surface area (Å²) in [5.74, 6) is -0.375. The summed E-state index contributed by atoms with van der Waals surface area (Å²) in [6.45, 7) is 1.92. The molecule has 3 rings (SSSR count). The first-order chi connectivity index (χ1) is 10.9. The summed E-state index contributed by atoms with van der Waals surface area (Å²) in [5.41, 5.74) is 2.32. The van der Waals surface area contributed by atoms with E-state index in [1.807, 2.05) is 13.0 Å². The van der Waals surface area contributed by atoms with Crippen molar-refractivity contribution in [3.05, 3.63) is 60.0 Å². The second-order valence-corrected chi connectivity index (χ2v) is 7.40. The molecule has 1 heterocycles. The third-order valence-electron chi connectivity index (χ3n) is 3.79. The van der Waals surface area contributed by atoms with Crippen molar-refractivity contribution in [2.45, 2.75) is 18.2 Å². The van der Waals surface area contributed by atoms with Crippen LogP contribution in [0.4, 0.5) is 4.39 Å². The minimum absolute atomic E-state index is 0.257. The number of hydrogen-bond acceptors (Lipinski definition) is 3. The lowest BCUT2D eigenvalue weighted by molar-refractivity contribution is 0.602. The van der Waals surface area contributed by atoms with Gasteiger partial charge in [0.2, 0.25) is 0 Å². The van der Waals surface area contributed by atoms with E-state index >= 15 is 0 Å². The summed E-state index contributed by atoms with van der Waals surface area (Å²) >= 11 is 0. The van der Waals surface area contributed by atoms with Gasteiger partial charge in [-0.3, -0.25) is 0 Å². The maximum Gasteiger partial charge on any atom is 0.176 e. The van der Waals surface area contributed by atoms with Crippen molar-refractivity contribution in [3.63, 3.8) is 0 Å². The molecule has 0 radical (unpaired) electrons. The van der Waals surface area contributed by atoms with Gasteiger partial charge in [-0.25, -0.2) is 17.8 Å². The highest BCUT2D eigenvalue weighted by Gasteiger charge is 2.17. The Morgan fingerprint density at radius 1 is 1.04 bits per heavy atom. The number of rotatable bonds is 3. The molecule has 0 N–H and O–H groups in total. The predicted octanol–water partition coefficient (Wildman–Crippen LogP) is 4.01. The molecule has 0 bridgehead atoms. The van der Waals surface area contributed by atoms with Crippen molar-refractivity contribution in [2.75, 3.05) is 6.26 Å². The van der Waals surface area contributed by atoms with Crippen LogP contribution in [0.2, 0.25) is 0 Å².